The minimum atomic E-state index is 0.923. The minimum Gasteiger partial charge on any atom is -0.340 e. The third-order valence-corrected chi connectivity index (χ3v) is 3.97. The largest absolute Gasteiger partial charge is 0.340 e. The lowest BCUT2D eigenvalue weighted by atomic mass is 10.2. The van der Waals surface area contributed by atoms with Crippen molar-refractivity contribution in [3.8, 4) is 0 Å². The number of halogens is 1. The monoisotopic (exact) mass is 299 g/mol. The maximum Gasteiger partial charge on any atom is 0.0496 e. The lowest BCUT2D eigenvalue weighted by Crippen LogP contribution is -2.00. The van der Waals surface area contributed by atoms with Crippen LogP contribution in [0, 0.1) is 6.92 Å². The summed E-state index contributed by atoms with van der Waals surface area (Å²) in [7, 11) is 0. The molecular weight excluding hydrogens is 286 g/mol. The molecule has 1 heterocycles. The molecule has 0 saturated carbocycles. The first kappa shape index (κ1) is 11.5. The number of benzene rings is 2. The third-order valence-electron chi connectivity index (χ3n) is 3.28. The molecule has 90 valence electrons. The molecule has 0 N–H and O–H groups in total. The van der Waals surface area contributed by atoms with Crippen LogP contribution in [0.1, 0.15) is 11.3 Å². The molecule has 0 aliphatic rings. The van der Waals surface area contributed by atoms with Crippen molar-refractivity contribution in [2.24, 2.45) is 0 Å². The molecule has 2 aromatic carbocycles. The first-order valence-corrected chi connectivity index (χ1v) is 6.83. The van der Waals surface area contributed by atoms with E-state index in [9.17, 15) is 0 Å². The van der Waals surface area contributed by atoms with Crippen LogP contribution in [0.4, 0.5) is 0 Å². The molecule has 2 heteroatoms. The predicted octanol–water partition coefficient (Wildman–Crippen LogP) is 4.76. The van der Waals surface area contributed by atoms with Gasteiger partial charge in [0.15, 0.2) is 0 Å². The summed E-state index contributed by atoms with van der Waals surface area (Å²) in [5, 5.41) is 1.28. The van der Waals surface area contributed by atoms with E-state index in [2.05, 4.69) is 82.0 Å². The molecule has 3 aromatic rings. The van der Waals surface area contributed by atoms with E-state index in [4.69, 9.17) is 0 Å². The molecule has 0 fully saturated rings. The fourth-order valence-electron chi connectivity index (χ4n) is 2.36. The van der Waals surface area contributed by atoms with E-state index in [-0.39, 0.29) is 0 Å². The first-order chi connectivity index (χ1) is 8.75. The minimum absolute atomic E-state index is 0.923. The SMILES string of the molecule is Cc1cc2c(Br)cccc2n1Cc1ccccc1. The number of nitrogens with zero attached hydrogens (tertiary/aromatic N) is 1. The highest BCUT2D eigenvalue weighted by Gasteiger charge is 2.07. The summed E-state index contributed by atoms with van der Waals surface area (Å²) in [6.45, 7) is 3.09. The topological polar surface area (TPSA) is 4.93 Å². The van der Waals surface area contributed by atoms with Crippen molar-refractivity contribution in [1.29, 1.82) is 0 Å². The van der Waals surface area contributed by atoms with Gasteiger partial charge in [-0.25, -0.2) is 0 Å². The third kappa shape index (κ3) is 1.97. The summed E-state index contributed by atoms with van der Waals surface area (Å²) in [6.07, 6.45) is 0. The van der Waals surface area contributed by atoms with Crippen molar-refractivity contribution < 1.29 is 0 Å². The van der Waals surface area contributed by atoms with Crippen LogP contribution in [0.15, 0.2) is 59.1 Å². The Balaban J connectivity index is 2.12. The Kier molecular flexibility index (Phi) is 2.96. The van der Waals surface area contributed by atoms with Gasteiger partial charge in [-0.2, -0.15) is 0 Å². The Morgan fingerprint density at radius 3 is 2.56 bits per heavy atom. The lowest BCUT2D eigenvalue weighted by molar-refractivity contribution is 0.805. The summed E-state index contributed by atoms with van der Waals surface area (Å²) >= 11 is 3.62. The summed E-state index contributed by atoms with van der Waals surface area (Å²) in [5.41, 5.74) is 3.91. The molecule has 0 amide bonds. The Labute approximate surface area is 115 Å². The number of hydrogen-bond donors (Lipinski definition) is 0. The molecule has 0 aliphatic heterocycles. The Hall–Kier alpha value is -1.54. The van der Waals surface area contributed by atoms with Gasteiger partial charge in [-0.15, -0.1) is 0 Å². The molecule has 0 radical (unpaired) electrons. The Morgan fingerprint density at radius 2 is 1.78 bits per heavy atom. The lowest BCUT2D eigenvalue weighted by Gasteiger charge is -2.08. The van der Waals surface area contributed by atoms with Crippen LogP contribution in [0.5, 0.6) is 0 Å². The maximum atomic E-state index is 3.62. The number of hydrogen-bond acceptors (Lipinski definition) is 0. The van der Waals surface area contributed by atoms with E-state index < -0.39 is 0 Å². The van der Waals surface area contributed by atoms with Gasteiger partial charge in [0.05, 0.1) is 0 Å². The van der Waals surface area contributed by atoms with Crippen LogP contribution in [-0.2, 0) is 6.54 Å². The van der Waals surface area contributed by atoms with Gasteiger partial charge in [-0.3, -0.25) is 0 Å². The molecule has 0 aliphatic carbocycles. The molecule has 1 nitrogen and oxygen atoms in total. The molecule has 0 bridgehead atoms. The van der Waals surface area contributed by atoms with Gasteiger partial charge >= 0.3 is 0 Å². The summed E-state index contributed by atoms with van der Waals surface area (Å²) in [6, 6.07) is 19.2. The average molecular weight is 300 g/mol. The second kappa shape index (κ2) is 4.62. The van der Waals surface area contributed by atoms with E-state index in [1.807, 2.05) is 0 Å². The summed E-state index contributed by atoms with van der Waals surface area (Å²) < 4.78 is 3.52. The molecule has 0 atom stereocenters. The van der Waals surface area contributed by atoms with Gasteiger partial charge in [0.25, 0.3) is 0 Å². The molecule has 1 aromatic heterocycles. The van der Waals surface area contributed by atoms with Gasteiger partial charge in [-0.05, 0) is 30.7 Å². The van der Waals surface area contributed by atoms with E-state index in [0.29, 0.717) is 0 Å². The average Bonchev–Trinajstić information content (AvgIpc) is 2.70. The number of aryl methyl sites for hydroxylation is 1. The van der Waals surface area contributed by atoms with Crippen LogP contribution in [0.25, 0.3) is 10.9 Å². The van der Waals surface area contributed by atoms with Crippen LogP contribution in [0.3, 0.4) is 0 Å². The van der Waals surface area contributed by atoms with Gasteiger partial charge in [0, 0.05) is 27.6 Å². The fourth-order valence-corrected chi connectivity index (χ4v) is 2.83. The Bertz CT molecular complexity index is 683. The number of aromatic nitrogens is 1. The quantitative estimate of drug-likeness (QED) is 0.643. The number of fused-ring (bicyclic) bond motifs is 1. The van der Waals surface area contributed by atoms with Crippen molar-refractivity contribution in [1.82, 2.24) is 4.57 Å². The standard InChI is InChI=1S/C16H14BrN/c1-12-10-14-15(17)8-5-9-16(14)18(12)11-13-6-3-2-4-7-13/h2-10H,11H2,1H3. The van der Waals surface area contributed by atoms with Crippen molar-refractivity contribution >= 4 is 26.8 Å². The van der Waals surface area contributed by atoms with Crippen LogP contribution >= 0.6 is 15.9 Å². The van der Waals surface area contributed by atoms with Gasteiger partial charge in [0.1, 0.15) is 0 Å². The molecule has 0 saturated heterocycles. The van der Waals surface area contributed by atoms with Crippen LogP contribution in [0.2, 0.25) is 0 Å². The number of rotatable bonds is 2. The first-order valence-electron chi connectivity index (χ1n) is 6.04. The van der Waals surface area contributed by atoms with Gasteiger partial charge in [-0.1, -0.05) is 52.3 Å². The summed E-state index contributed by atoms with van der Waals surface area (Å²) in [4.78, 5) is 0. The van der Waals surface area contributed by atoms with E-state index >= 15 is 0 Å². The van der Waals surface area contributed by atoms with E-state index in [1.54, 1.807) is 0 Å². The van der Waals surface area contributed by atoms with E-state index in [1.165, 1.54) is 22.2 Å². The van der Waals surface area contributed by atoms with Crippen molar-refractivity contribution in [2.45, 2.75) is 13.5 Å². The molecule has 3 rings (SSSR count). The van der Waals surface area contributed by atoms with Crippen LogP contribution in [-0.4, -0.2) is 4.57 Å². The van der Waals surface area contributed by atoms with Crippen molar-refractivity contribution in [3.63, 3.8) is 0 Å². The van der Waals surface area contributed by atoms with Gasteiger partial charge in [0.2, 0.25) is 0 Å². The Morgan fingerprint density at radius 1 is 1.00 bits per heavy atom. The van der Waals surface area contributed by atoms with Crippen molar-refractivity contribution in [2.75, 3.05) is 0 Å². The molecule has 0 spiro atoms. The zero-order valence-corrected chi connectivity index (χ0v) is 11.8. The van der Waals surface area contributed by atoms with E-state index in [0.717, 1.165) is 11.0 Å². The molecule has 0 unspecified atom stereocenters. The highest BCUT2D eigenvalue weighted by Crippen LogP contribution is 2.27. The highest BCUT2D eigenvalue weighted by atomic mass is 79.9. The normalized spacial score (nSPS) is 11.0. The van der Waals surface area contributed by atoms with Gasteiger partial charge < -0.3 is 4.57 Å². The zero-order valence-electron chi connectivity index (χ0n) is 10.2. The highest BCUT2D eigenvalue weighted by molar-refractivity contribution is 9.10. The second-order valence-corrected chi connectivity index (χ2v) is 5.38. The smallest absolute Gasteiger partial charge is 0.0496 e. The van der Waals surface area contributed by atoms with Crippen molar-refractivity contribution in [3.05, 3.63) is 70.3 Å². The second-order valence-electron chi connectivity index (χ2n) is 4.53. The fraction of sp³-hybridized carbons (Fsp3) is 0.125. The van der Waals surface area contributed by atoms with Crippen LogP contribution < -0.4 is 0 Å². The molecule has 18 heavy (non-hydrogen) atoms. The maximum absolute atomic E-state index is 3.62. The summed E-state index contributed by atoms with van der Waals surface area (Å²) in [5.74, 6) is 0. The molecular formula is C16H14BrN. The predicted molar refractivity (Wildman–Crippen MR) is 79.9 cm³/mol. The zero-order chi connectivity index (χ0) is 12.5.